The molecule has 1 aliphatic rings. The molecule has 2 unspecified atom stereocenters. The SMILES string of the molecule is COC1CN(c2cc(Br)ccc2C(=N)N)CCC1C. The molecule has 19 heavy (non-hydrogen) atoms. The van der Waals surface area contributed by atoms with Gasteiger partial charge < -0.3 is 15.4 Å². The van der Waals surface area contributed by atoms with Crippen LogP contribution >= 0.6 is 15.9 Å². The van der Waals surface area contributed by atoms with E-state index >= 15 is 0 Å². The van der Waals surface area contributed by atoms with E-state index in [0.717, 1.165) is 35.2 Å². The zero-order valence-corrected chi connectivity index (χ0v) is 12.9. The summed E-state index contributed by atoms with van der Waals surface area (Å²) in [6, 6.07) is 5.83. The number of anilines is 1. The second-order valence-corrected chi connectivity index (χ2v) is 5.98. The number of nitrogens with two attached hydrogens (primary N) is 1. The Morgan fingerprint density at radius 2 is 2.26 bits per heavy atom. The molecule has 2 atom stereocenters. The van der Waals surface area contributed by atoms with Crippen LogP contribution in [0.25, 0.3) is 0 Å². The van der Waals surface area contributed by atoms with Gasteiger partial charge in [-0.05, 0) is 30.5 Å². The Kier molecular flexibility index (Phi) is 4.47. The lowest BCUT2D eigenvalue weighted by molar-refractivity contribution is 0.0498. The van der Waals surface area contributed by atoms with Crippen LogP contribution in [-0.2, 0) is 4.74 Å². The van der Waals surface area contributed by atoms with Crippen molar-refractivity contribution in [3.05, 3.63) is 28.2 Å². The summed E-state index contributed by atoms with van der Waals surface area (Å²) in [7, 11) is 1.76. The van der Waals surface area contributed by atoms with Gasteiger partial charge in [-0.1, -0.05) is 22.9 Å². The Labute approximate surface area is 122 Å². The Morgan fingerprint density at radius 3 is 2.89 bits per heavy atom. The molecular formula is C14H20BrN3O. The van der Waals surface area contributed by atoms with Crippen LogP contribution in [0.4, 0.5) is 5.69 Å². The third-order valence-electron chi connectivity index (χ3n) is 3.78. The third-order valence-corrected chi connectivity index (χ3v) is 4.28. The molecule has 0 spiro atoms. The van der Waals surface area contributed by atoms with Gasteiger partial charge in [0.05, 0.1) is 6.10 Å². The fourth-order valence-corrected chi connectivity index (χ4v) is 2.90. The van der Waals surface area contributed by atoms with Crippen molar-refractivity contribution >= 4 is 27.5 Å². The summed E-state index contributed by atoms with van der Waals surface area (Å²) < 4.78 is 6.55. The smallest absolute Gasteiger partial charge is 0.124 e. The normalized spacial score (nSPS) is 23.4. The minimum Gasteiger partial charge on any atom is -0.384 e. The maximum atomic E-state index is 7.70. The first kappa shape index (κ1) is 14.3. The number of ether oxygens (including phenoxy) is 1. The number of nitrogen functional groups attached to an aromatic ring is 1. The molecule has 2 rings (SSSR count). The summed E-state index contributed by atoms with van der Waals surface area (Å²) in [5, 5.41) is 7.70. The van der Waals surface area contributed by atoms with E-state index in [4.69, 9.17) is 15.9 Å². The predicted molar refractivity (Wildman–Crippen MR) is 81.9 cm³/mol. The van der Waals surface area contributed by atoms with Crippen LogP contribution < -0.4 is 10.6 Å². The first-order valence-electron chi connectivity index (χ1n) is 6.44. The standard InChI is InChI=1S/C14H20BrN3O/c1-9-5-6-18(8-13(9)19-2)12-7-10(15)3-4-11(12)14(16)17/h3-4,7,9,13H,5-6,8H2,1-2H3,(H3,16,17). The minimum atomic E-state index is 0.107. The Morgan fingerprint density at radius 1 is 1.53 bits per heavy atom. The monoisotopic (exact) mass is 325 g/mol. The molecule has 0 radical (unpaired) electrons. The van der Waals surface area contributed by atoms with E-state index in [1.165, 1.54) is 0 Å². The lowest BCUT2D eigenvalue weighted by Crippen LogP contribution is -2.44. The van der Waals surface area contributed by atoms with Crippen molar-refractivity contribution in [3.63, 3.8) is 0 Å². The largest absolute Gasteiger partial charge is 0.384 e. The fourth-order valence-electron chi connectivity index (χ4n) is 2.55. The summed E-state index contributed by atoms with van der Waals surface area (Å²) in [5.41, 5.74) is 7.47. The highest BCUT2D eigenvalue weighted by atomic mass is 79.9. The zero-order valence-electron chi connectivity index (χ0n) is 11.3. The lowest BCUT2D eigenvalue weighted by atomic mass is 9.95. The van der Waals surface area contributed by atoms with E-state index in [9.17, 15) is 0 Å². The van der Waals surface area contributed by atoms with Crippen LogP contribution in [0.15, 0.2) is 22.7 Å². The molecule has 1 fully saturated rings. The first-order chi connectivity index (χ1) is 9.02. The maximum Gasteiger partial charge on any atom is 0.124 e. The van der Waals surface area contributed by atoms with Crippen molar-refractivity contribution in [2.24, 2.45) is 11.7 Å². The van der Waals surface area contributed by atoms with Crippen LogP contribution in [0.3, 0.4) is 0 Å². The minimum absolute atomic E-state index is 0.107. The highest BCUT2D eigenvalue weighted by Gasteiger charge is 2.27. The number of hydrogen-bond acceptors (Lipinski definition) is 3. The van der Waals surface area contributed by atoms with E-state index in [-0.39, 0.29) is 11.9 Å². The van der Waals surface area contributed by atoms with E-state index in [1.54, 1.807) is 7.11 Å². The molecule has 0 bridgehead atoms. The Balaban J connectivity index is 2.31. The highest BCUT2D eigenvalue weighted by molar-refractivity contribution is 9.10. The summed E-state index contributed by atoms with van der Waals surface area (Å²) in [4.78, 5) is 2.26. The van der Waals surface area contributed by atoms with Crippen molar-refractivity contribution < 1.29 is 4.74 Å². The van der Waals surface area contributed by atoms with Crippen LogP contribution in [-0.4, -0.2) is 32.1 Å². The van der Waals surface area contributed by atoms with Crippen molar-refractivity contribution in [3.8, 4) is 0 Å². The van der Waals surface area contributed by atoms with E-state index < -0.39 is 0 Å². The number of nitrogens with one attached hydrogen (secondary N) is 1. The van der Waals surface area contributed by atoms with E-state index in [1.807, 2.05) is 18.2 Å². The lowest BCUT2D eigenvalue weighted by Gasteiger charge is -2.38. The number of benzene rings is 1. The molecule has 0 amide bonds. The molecule has 0 aliphatic carbocycles. The topological polar surface area (TPSA) is 62.3 Å². The molecule has 0 saturated carbocycles. The third kappa shape index (κ3) is 3.09. The van der Waals surface area contributed by atoms with Gasteiger partial charge in [0.1, 0.15) is 5.84 Å². The van der Waals surface area contributed by atoms with Crippen molar-refractivity contribution in [1.29, 1.82) is 5.41 Å². The fraction of sp³-hybridized carbons (Fsp3) is 0.500. The molecule has 5 heteroatoms. The van der Waals surface area contributed by atoms with E-state index in [2.05, 4.69) is 27.8 Å². The number of halogens is 1. The number of piperidine rings is 1. The van der Waals surface area contributed by atoms with Crippen LogP contribution in [0, 0.1) is 11.3 Å². The number of rotatable bonds is 3. The number of amidine groups is 1. The van der Waals surface area contributed by atoms with Gasteiger partial charge in [0, 0.05) is 35.9 Å². The van der Waals surface area contributed by atoms with Gasteiger partial charge in [-0.2, -0.15) is 0 Å². The summed E-state index contributed by atoms with van der Waals surface area (Å²) in [5.74, 6) is 0.671. The zero-order chi connectivity index (χ0) is 14.0. The maximum absolute atomic E-state index is 7.70. The molecule has 1 aliphatic heterocycles. The van der Waals surface area contributed by atoms with Crippen molar-refractivity contribution in [2.75, 3.05) is 25.1 Å². The number of methoxy groups -OCH3 is 1. The van der Waals surface area contributed by atoms with Gasteiger partial charge in [0.15, 0.2) is 0 Å². The molecule has 1 aromatic rings. The van der Waals surface area contributed by atoms with Gasteiger partial charge in [0.25, 0.3) is 0 Å². The van der Waals surface area contributed by atoms with Crippen LogP contribution in [0.1, 0.15) is 18.9 Å². The number of nitrogens with zero attached hydrogens (tertiary/aromatic N) is 1. The average molecular weight is 326 g/mol. The summed E-state index contributed by atoms with van der Waals surface area (Å²) >= 11 is 3.49. The average Bonchev–Trinajstić information content (AvgIpc) is 2.38. The quantitative estimate of drug-likeness (QED) is 0.663. The summed E-state index contributed by atoms with van der Waals surface area (Å²) in [6.45, 7) is 4.03. The number of hydrogen-bond donors (Lipinski definition) is 2. The van der Waals surface area contributed by atoms with Gasteiger partial charge >= 0.3 is 0 Å². The second-order valence-electron chi connectivity index (χ2n) is 5.06. The van der Waals surface area contributed by atoms with Gasteiger partial charge in [-0.15, -0.1) is 0 Å². The molecular weight excluding hydrogens is 306 g/mol. The van der Waals surface area contributed by atoms with Gasteiger partial charge in [0.2, 0.25) is 0 Å². The molecule has 104 valence electrons. The molecule has 1 aromatic carbocycles. The Hall–Kier alpha value is -1.07. The van der Waals surface area contributed by atoms with Crippen LogP contribution in [0.5, 0.6) is 0 Å². The molecule has 1 saturated heterocycles. The molecule has 0 aromatic heterocycles. The molecule has 1 heterocycles. The van der Waals surface area contributed by atoms with Gasteiger partial charge in [-0.25, -0.2) is 0 Å². The highest BCUT2D eigenvalue weighted by Crippen LogP contribution is 2.29. The van der Waals surface area contributed by atoms with Gasteiger partial charge in [-0.3, -0.25) is 5.41 Å². The van der Waals surface area contributed by atoms with Crippen molar-refractivity contribution in [1.82, 2.24) is 0 Å². The molecule has 3 N–H and O–H groups in total. The second kappa shape index (κ2) is 5.92. The Bertz CT molecular complexity index is 478. The summed E-state index contributed by atoms with van der Waals surface area (Å²) in [6.07, 6.45) is 1.31. The van der Waals surface area contributed by atoms with Crippen LogP contribution in [0.2, 0.25) is 0 Å². The molecule has 4 nitrogen and oxygen atoms in total. The predicted octanol–water partition coefficient (Wildman–Crippen LogP) is 2.59. The first-order valence-corrected chi connectivity index (χ1v) is 7.24. The van der Waals surface area contributed by atoms with Crippen molar-refractivity contribution in [2.45, 2.75) is 19.4 Å². The van der Waals surface area contributed by atoms with E-state index in [0.29, 0.717) is 5.92 Å².